The van der Waals surface area contributed by atoms with E-state index in [1.165, 1.54) is 5.56 Å². The average molecular weight is 473 g/mol. The van der Waals surface area contributed by atoms with Gasteiger partial charge in [0, 0.05) is 29.9 Å². The molecule has 1 saturated heterocycles. The molecule has 1 aliphatic heterocycles. The molecular formula is C26H28N6OS. The zero-order valence-electron chi connectivity index (χ0n) is 19.7. The molecule has 1 atom stereocenters. The van der Waals surface area contributed by atoms with E-state index in [0.29, 0.717) is 11.5 Å². The number of carbonyl (C=O) groups is 1. The van der Waals surface area contributed by atoms with Crippen LogP contribution in [-0.4, -0.2) is 45.2 Å². The first-order chi connectivity index (χ1) is 16.5. The summed E-state index contributed by atoms with van der Waals surface area (Å²) >= 11 is 1.55. The normalized spacial score (nSPS) is 16.0. The Morgan fingerprint density at radius 3 is 2.76 bits per heavy atom. The molecule has 0 aliphatic carbocycles. The molecule has 174 valence electrons. The highest BCUT2D eigenvalue weighted by molar-refractivity contribution is 7.14. The van der Waals surface area contributed by atoms with Crippen molar-refractivity contribution in [1.82, 2.24) is 25.5 Å². The van der Waals surface area contributed by atoms with Gasteiger partial charge in [0.15, 0.2) is 0 Å². The minimum atomic E-state index is -0.133. The van der Waals surface area contributed by atoms with Crippen molar-refractivity contribution in [3.63, 3.8) is 0 Å². The van der Waals surface area contributed by atoms with E-state index in [4.69, 9.17) is 4.98 Å². The van der Waals surface area contributed by atoms with Crippen molar-refractivity contribution in [3.8, 4) is 10.6 Å². The molecule has 1 aromatic carbocycles. The van der Waals surface area contributed by atoms with Crippen LogP contribution in [0.1, 0.15) is 46.4 Å². The van der Waals surface area contributed by atoms with Gasteiger partial charge in [-0.25, -0.2) is 4.98 Å². The molecule has 1 N–H and O–H groups in total. The number of amides is 1. The summed E-state index contributed by atoms with van der Waals surface area (Å²) in [6.07, 6.45) is 6.30. The van der Waals surface area contributed by atoms with Crippen molar-refractivity contribution < 1.29 is 4.79 Å². The number of benzene rings is 1. The van der Waals surface area contributed by atoms with Gasteiger partial charge in [-0.2, -0.15) is 0 Å². The van der Waals surface area contributed by atoms with Crippen LogP contribution < -0.4 is 10.2 Å². The molecule has 7 nitrogen and oxygen atoms in total. The number of rotatable bonds is 5. The molecule has 1 fully saturated rings. The fourth-order valence-electron chi connectivity index (χ4n) is 4.64. The Labute approximate surface area is 203 Å². The van der Waals surface area contributed by atoms with Crippen LogP contribution in [0.25, 0.3) is 21.3 Å². The van der Waals surface area contributed by atoms with Gasteiger partial charge >= 0.3 is 0 Å². The minimum Gasteiger partial charge on any atom is -0.315 e. The van der Waals surface area contributed by atoms with Crippen LogP contribution in [0.5, 0.6) is 0 Å². The lowest BCUT2D eigenvalue weighted by atomic mass is 10.0. The van der Waals surface area contributed by atoms with Crippen LogP contribution >= 0.6 is 11.3 Å². The van der Waals surface area contributed by atoms with Crippen LogP contribution in [-0.2, 0) is 6.42 Å². The molecule has 0 spiro atoms. The van der Waals surface area contributed by atoms with Gasteiger partial charge in [0.05, 0.1) is 6.04 Å². The van der Waals surface area contributed by atoms with Crippen molar-refractivity contribution in [3.05, 3.63) is 64.6 Å². The predicted octanol–water partition coefficient (Wildman–Crippen LogP) is 4.73. The van der Waals surface area contributed by atoms with Crippen molar-refractivity contribution in [1.29, 1.82) is 0 Å². The first-order valence-electron chi connectivity index (χ1n) is 11.7. The highest BCUT2D eigenvalue weighted by atomic mass is 32.1. The molecule has 3 aromatic heterocycles. The van der Waals surface area contributed by atoms with Gasteiger partial charge in [-0.15, -0.1) is 10.2 Å². The Morgan fingerprint density at radius 1 is 1.18 bits per heavy atom. The molecular weight excluding hydrogens is 444 g/mol. The SMILES string of the molecule is CCc1nnc(-c2ccc(C(=O)N(c3nccc4cc(C)cc(C)c34)[C@@H]3CCCNC3)nc2)s1. The van der Waals surface area contributed by atoms with Crippen molar-refractivity contribution >= 4 is 33.8 Å². The summed E-state index contributed by atoms with van der Waals surface area (Å²) < 4.78 is 0. The van der Waals surface area contributed by atoms with Gasteiger partial charge in [0.1, 0.15) is 21.5 Å². The fraction of sp³-hybridized carbons (Fsp3) is 0.346. The summed E-state index contributed by atoms with van der Waals surface area (Å²) in [6.45, 7) is 7.93. The molecule has 8 heteroatoms. The van der Waals surface area contributed by atoms with E-state index in [-0.39, 0.29) is 11.9 Å². The summed E-state index contributed by atoms with van der Waals surface area (Å²) in [5.74, 6) is 0.572. The number of hydrogen-bond acceptors (Lipinski definition) is 7. The number of aryl methyl sites for hydroxylation is 3. The second-order valence-electron chi connectivity index (χ2n) is 8.78. The number of hydrogen-bond donors (Lipinski definition) is 1. The van der Waals surface area contributed by atoms with E-state index in [9.17, 15) is 4.79 Å². The molecule has 34 heavy (non-hydrogen) atoms. The largest absolute Gasteiger partial charge is 0.315 e. The summed E-state index contributed by atoms with van der Waals surface area (Å²) in [5, 5.41) is 15.8. The number of piperidine rings is 1. The number of carbonyl (C=O) groups excluding carboxylic acids is 1. The molecule has 4 heterocycles. The Kier molecular flexibility index (Phi) is 6.34. The van der Waals surface area contributed by atoms with Gasteiger partial charge in [0.25, 0.3) is 5.91 Å². The van der Waals surface area contributed by atoms with E-state index in [0.717, 1.165) is 64.3 Å². The number of fused-ring (bicyclic) bond motifs is 1. The van der Waals surface area contributed by atoms with E-state index in [1.807, 2.05) is 17.0 Å². The van der Waals surface area contributed by atoms with Gasteiger partial charge in [-0.3, -0.25) is 14.7 Å². The molecule has 5 rings (SSSR count). The van der Waals surface area contributed by atoms with Gasteiger partial charge in [-0.05, 0) is 68.8 Å². The van der Waals surface area contributed by atoms with Crippen LogP contribution in [0, 0.1) is 13.8 Å². The molecule has 0 radical (unpaired) electrons. The van der Waals surface area contributed by atoms with Crippen LogP contribution in [0.2, 0.25) is 0 Å². The molecule has 0 unspecified atom stereocenters. The number of aromatic nitrogens is 4. The monoisotopic (exact) mass is 472 g/mol. The Bertz CT molecular complexity index is 1330. The Morgan fingerprint density at radius 2 is 2.06 bits per heavy atom. The van der Waals surface area contributed by atoms with Crippen LogP contribution in [0.3, 0.4) is 0 Å². The van der Waals surface area contributed by atoms with Gasteiger partial charge in [0.2, 0.25) is 0 Å². The molecule has 4 aromatic rings. The lowest BCUT2D eigenvalue weighted by Crippen LogP contribution is -2.49. The van der Waals surface area contributed by atoms with Crippen LogP contribution in [0.15, 0.2) is 42.7 Å². The molecule has 0 bridgehead atoms. The average Bonchev–Trinajstić information content (AvgIpc) is 3.34. The summed E-state index contributed by atoms with van der Waals surface area (Å²) in [5.41, 5.74) is 3.58. The zero-order valence-corrected chi connectivity index (χ0v) is 20.5. The molecule has 1 amide bonds. The molecule has 1 aliphatic rings. The quantitative estimate of drug-likeness (QED) is 0.452. The number of anilines is 1. The maximum absolute atomic E-state index is 13.9. The van der Waals surface area contributed by atoms with E-state index < -0.39 is 0 Å². The van der Waals surface area contributed by atoms with Crippen molar-refractivity contribution in [2.45, 2.75) is 46.1 Å². The predicted molar refractivity (Wildman–Crippen MR) is 136 cm³/mol. The number of nitrogens with one attached hydrogen (secondary N) is 1. The summed E-state index contributed by atoms with van der Waals surface area (Å²) in [6, 6.07) is 10.0. The van der Waals surface area contributed by atoms with Crippen LogP contribution in [0.4, 0.5) is 5.82 Å². The highest BCUT2D eigenvalue weighted by Crippen LogP contribution is 2.32. The standard InChI is InChI=1S/C26H28N6OS/c1-4-22-30-31-25(34-22)19-7-8-21(29-14-19)26(33)32(20-6-5-10-27-15-20)24-23-17(3)12-16(2)13-18(23)9-11-28-24/h7-9,11-14,20,27H,4-6,10,15H2,1-3H3/t20-/m1/s1. The summed E-state index contributed by atoms with van der Waals surface area (Å²) in [4.78, 5) is 25.1. The zero-order chi connectivity index (χ0) is 23.7. The third-order valence-electron chi connectivity index (χ3n) is 6.27. The van der Waals surface area contributed by atoms with E-state index in [1.54, 1.807) is 29.8 Å². The topological polar surface area (TPSA) is 83.9 Å². The first-order valence-corrected chi connectivity index (χ1v) is 12.6. The summed E-state index contributed by atoms with van der Waals surface area (Å²) in [7, 11) is 0. The second kappa shape index (κ2) is 9.56. The lowest BCUT2D eigenvalue weighted by Gasteiger charge is -2.34. The second-order valence-corrected chi connectivity index (χ2v) is 9.84. The van der Waals surface area contributed by atoms with Gasteiger partial charge in [-0.1, -0.05) is 36.0 Å². The van der Waals surface area contributed by atoms with E-state index >= 15 is 0 Å². The molecule has 0 saturated carbocycles. The fourth-order valence-corrected chi connectivity index (χ4v) is 5.41. The first kappa shape index (κ1) is 22.6. The van der Waals surface area contributed by atoms with Gasteiger partial charge < -0.3 is 5.32 Å². The van der Waals surface area contributed by atoms with Crippen molar-refractivity contribution in [2.75, 3.05) is 18.0 Å². The third kappa shape index (κ3) is 4.31. The number of nitrogens with zero attached hydrogens (tertiary/aromatic N) is 5. The minimum absolute atomic E-state index is 0.0109. The smallest absolute Gasteiger partial charge is 0.278 e. The lowest BCUT2D eigenvalue weighted by molar-refractivity contribution is 0.0967. The van der Waals surface area contributed by atoms with Crippen molar-refractivity contribution in [2.24, 2.45) is 0 Å². The maximum atomic E-state index is 13.9. The Hall–Kier alpha value is -3.23. The third-order valence-corrected chi connectivity index (χ3v) is 7.38. The maximum Gasteiger partial charge on any atom is 0.278 e. The van der Waals surface area contributed by atoms with E-state index in [2.05, 4.69) is 53.4 Å². The number of pyridine rings is 2. The Balaban J connectivity index is 1.56. The highest BCUT2D eigenvalue weighted by Gasteiger charge is 2.31.